The molecule has 0 spiro atoms. The van der Waals surface area contributed by atoms with Crippen LogP contribution in [0.2, 0.25) is 5.02 Å². The van der Waals surface area contributed by atoms with Crippen molar-refractivity contribution < 1.29 is 9.53 Å². The Hall–Kier alpha value is -3.36. The summed E-state index contributed by atoms with van der Waals surface area (Å²) in [4.78, 5) is 11.8. The molecule has 26 heavy (non-hydrogen) atoms. The molecule has 0 amide bonds. The van der Waals surface area contributed by atoms with Crippen LogP contribution in [0.25, 0.3) is 23.0 Å². The molecule has 0 bridgehead atoms. The average Bonchev–Trinajstić information content (AvgIpc) is 3.10. The van der Waals surface area contributed by atoms with Gasteiger partial charge in [-0.05, 0) is 30.3 Å². The first-order chi connectivity index (χ1) is 12.6. The number of benzene rings is 2. The molecule has 6 heteroatoms. The fourth-order valence-corrected chi connectivity index (χ4v) is 2.66. The Morgan fingerprint density at radius 3 is 2.65 bits per heavy atom. The number of aromatic nitrogens is 2. The highest BCUT2D eigenvalue weighted by Crippen LogP contribution is 2.27. The Bertz CT molecular complexity index is 1020. The normalized spacial score (nSPS) is 11.0. The van der Waals surface area contributed by atoms with Crippen LogP contribution in [0.1, 0.15) is 5.56 Å². The van der Waals surface area contributed by atoms with Crippen molar-refractivity contribution >= 4 is 23.6 Å². The molecule has 0 aliphatic heterocycles. The minimum absolute atomic E-state index is 0.108. The molecule has 0 fully saturated rings. The van der Waals surface area contributed by atoms with E-state index in [2.05, 4.69) is 9.84 Å². The first-order valence-electron chi connectivity index (χ1n) is 7.73. The lowest BCUT2D eigenvalue weighted by molar-refractivity contribution is -0.135. The van der Waals surface area contributed by atoms with Crippen molar-refractivity contribution in [3.63, 3.8) is 0 Å². The molecule has 2 aromatic carbocycles. The summed E-state index contributed by atoms with van der Waals surface area (Å²) in [7, 11) is 1.23. The minimum atomic E-state index is -0.697. The van der Waals surface area contributed by atoms with Gasteiger partial charge in [-0.15, -0.1) is 0 Å². The third-order valence-electron chi connectivity index (χ3n) is 3.69. The first-order valence-corrected chi connectivity index (χ1v) is 8.11. The molecule has 0 saturated carbocycles. The molecule has 0 saturated heterocycles. The summed E-state index contributed by atoms with van der Waals surface area (Å²) in [6.45, 7) is 0. The number of methoxy groups -OCH3 is 1. The van der Waals surface area contributed by atoms with Gasteiger partial charge in [0.05, 0.1) is 12.8 Å². The van der Waals surface area contributed by atoms with E-state index in [-0.39, 0.29) is 5.57 Å². The van der Waals surface area contributed by atoms with Crippen LogP contribution in [0.15, 0.2) is 66.4 Å². The zero-order chi connectivity index (χ0) is 18.5. The second-order valence-corrected chi connectivity index (χ2v) is 5.82. The number of hydrogen-bond donors (Lipinski definition) is 0. The van der Waals surface area contributed by atoms with Gasteiger partial charge in [-0.25, -0.2) is 9.48 Å². The minimum Gasteiger partial charge on any atom is -0.465 e. The van der Waals surface area contributed by atoms with Gasteiger partial charge in [0, 0.05) is 22.3 Å². The third kappa shape index (κ3) is 3.66. The van der Waals surface area contributed by atoms with Crippen LogP contribution in [-0.2, 0) is 9.53 Å². The zero-order valence-electron chi connectivity index (χ0n) is 13.9. The van der Waals surface area contributed by atoms with Crippen LogP contribution < -0.4 is 0 Å². The van der Waals surface area contributed by atoms with Crippen molar-refractivity contribution in [1.29, 1.82) is 5.26 Å². The molecular formula is C20H14ClN3O2. The lowest BCUT2D eigenvalue weighted by atomic mass is 10.1. The molecule has 0 atom stereocenters. The van der Waals surface area contributed by atoms with Gasteiger partial charge in [0.2, 0.25) is 0 Å². The number of halogens is 1. The van der Waals surface area contributed by atoms with Crippen molar-refractivity contribution in [2.24, 2.45) is 0 Å². The predicted octanol–water partition coefficient (Wildman–Crippen LogP) is 4.27. The summed E-state index contributed by atoms with van der Waals surface area (Å²) in [5.74, 6) is -0.697. The third-order valence-corrected chi connectivity index (χ3v) is 3.92. The Kier molecular flexibility index (Phi) is 5.16. The molecule has 3 aromatic rings. The summed E-state index contributed by atoms with van der Waals surface area (Å²) in [5.41, 5.74) is 2.74. The maximum atomic E-state index is 11.8. The van der Waals surface area contributed by atoms with Gasteiger partial charge in [-0.3, -0.25) is 0 Å². The predicted molar refractivity (Wildman–Crippen MR) is 99.6 cm³/mol. The van der Waals surface area contributed by atoms with Crippen LogP contribution in [0, 0.1) is 11.3 Å². The Morgan fingerprint density at radius 1 is 1.23 bits per heavy atom. The molecule has 128 valence electrons. The molecule has 5 nitrogen and oxygen atoms in total. The number of nitriles is 1. The Morgan fingerprint density at radius 2 is 2.00 bits per heavy atom. The SMILES string of the molecule is COC(=O)C(C#N)=Cc1cn(-c2ccccc2)nc1-c1cccc(Cl)c1. The van der Waals surface area contributed by atoms with E-state index in [1.54, 1.807) is 23.0 Å². The second kappa shape index (κ2) is 7.68. The molecule has 0 aliphatic carbocycles. The fraction of sp³-hybridized carbons (Fsp3) is 0.0500. The largest absolute Gasteiger partial charge is 0.465 e. The van der Waals surface area contributed by atoms with Crippen molar-refractivity contribution in [1.82, 2.24) is 9.78 Å². The van der Waals surface area contributed by atoms with E-state index in [0.29, 0.717) is 16.3 Å². The molecule has 0 aliphatic rings. The number of hydrogen-bond acceptors (Lipinski definition) is 4. The average molecular weight is 364 g/mol. The number of carbonyl (C=O) groups excluding carboxylic acids is 1. The van der Waals surface area contributed by atoms with Crippen LogP contribution in [0.4, 0.5) is 0 Å². The molecule has 1 aromatic heterocycles. The molecule has 0 radical (unpaired) electrons. The van der Waals surface area contributed by atoms with Gasteiger partial charge in [0.15, 0.2) is 0 Å². The highest BCUT2D eigenvalue weighted by atomic mass is 35.5. The van der Waals surface area contributed by atoms with E-state index < -0.39 is 5.97 Å². The highest BCUT2D eigenvalue weighted by molar-refractivity contribution is 6.30. The van der Waals surface area contributed by atoms with Gasteiger partial charge in [-0.1, -0.05) is 41.9 Å². The number of nitrogens with zero attached hydrogens (tertiary/aromatic N) is 3. The summed E-state index contributed by atoms with van der Waals surface area (Å²) < 4.78 is 6.34. The van der Waals surface area contributed by atoms with Crippen molar-refractivity contribution in [2.45, 2.75) is 0 Å². The van der Waals surface area contributed by atoms with Crippen LogP contribution in [-0.4, -0.2) is 22.9 Å². The number of rotatable bonds is 4. The number of para-hydroxylation sites is 1. The maximum absolute atomic E-state index is 11.8. The van der Waals surface area contributed by atoms with E-state index in [1.165, 1.54) is 13.2 Å². The van der Waals surface area contributed by atoms with E-state index in [9.17, 15) is 10.1 Å². The van der Waals surface area contributed by atoms with Crippen molar-refractivity contribution in [3.05, 3.63) is 77.0 Å². The van der Waals surface area contributed by atoms with Crippen molar-refractivity contribution in [2.75, 3.05) is 7.11 Å². The van der Waals surface area contributed by atoms with Gasteiger partial charge >= 0.3 is 5.97 Å². The lowest BCUT2D eigenvalue weighted by Crippen LogP contribution is -2.02. The van der Waals surface area contributed by atoms with E-state index >= 15 is 0 Å². The van der Waals surface area contributed by atoms with Crippen molar-refractivity contribution in [3.8, 4) is 23.0 Å². The fourth-order valence-electron chi connectivity index (χ4n) is 2.47. The maximum Gasteiger partial charge on any atom is 0.348 e. The first kappa shape index (κ1) is 17.5. The Balaban J connectivity index is 2.18. The summed E-state index contributed by atoms with van der Waals surface area (Å²) in [6, 6.07) is 18.6. The molecular weight excluding hydrogens is 350 g/mol. The molecule has 1 heterocycles. The van der Waals surface area contributed by atoms with Gasteiger partial charge in [-0.2, -0.15) is 10.4 Å². The van der Waals surface area contributed by atoms with E-state index in [4.69, 9.17) is 11.6 Å². The van der Waals surface area contributed by atoms with Crippen LogP contribution in [0.3, 0.4) is 0 Å². The highest BCUT2D eigenvalue weighted by Gasteiger charge is 2.15. The smallest absolute Gasteiger partial charge is 0.348 e. The standard InChI is InChI=1S/C20H14ClN3O2/c1-26-20(25)15(12-22)10-16-13-24(18-8-3-2-4-9-18)23-19(16)14-6-5-7-17(21)11-14/h2-11,13H,1H3. The summed E-state index contributed by atoms with van der Waals surface area (Å²) in [5, 5.41) is 14.4. The van der Waals surface area contributed by atoms with E-state index in [0.717, 1.165) is 11.3 Å². The molecule has 0 unspecified atom stereocenters. The topological polar surface area (TPSA) is 67.9 Å². The van der Waals surface area contributed by atoms with Gasteiger partial charge in [0.25, 0.3) is 0 Å². The number of carbonyl (C=O) groups is 1. The van der Waals surface area contributed by atoms with Gasteiger partial charge in [0.1, 0.15) is 17.3 Å². The summed E-state index contributed by atoms with van der Waals surface area (Å²) in [6.07, 6.45) is 3.22. The number of ether oxygens (including phenoxy) is 1. The monoisotopic (exact) mass is 363 g/mol. The zero-order valence-corrected chi connectivity index (χ0v) is 14.6. The van der Waals surface area contributed by atoms with Crippen LogP contribution >= 0.6 is 11.6 Å². The molecule has 3 rings (SSSR count). The summed E-state index contributed by atoms with van der Waals surface area (Å²) >= 11 is 6.10. The van der Waals surface area contributed by atoms with E-state index in [1.807, 2.05) is 48.5 Å². The Labute approximate surface area is 155 Å². The van der Waals surface area contributed by atoms with Crippen LogP contribution in [0.5, 0.6) is 0 Å². The number of esters is 1. The molecule has 0 N–H and O–H groups in total. The second-order valence-electron chi connectivity index (χ2n) is 5.38. The van der Waals surface area contributed by atoms with Gasteiger partial charge < -0.3 is 4.74 Å². The quantitative estimate of drug-likeness (QED) is 0.394. The lowest BCUT2D eigenvalue weighted by Gasteiger charge is -2.01.